The van der Waals surface area contributed by atoms with E-state index in [0.29, 0.717) is 0 Å². The maximum absolute atomic E-state index is 11.6. The van der Waals surface area contributed by atoms with Crippen molar-refractivity contribution >= 4 is 28.5 Å². The van der Waals surface area contributed by atoms with E-state index in [9.17, 15) is 9.46 Å². The maximum atomic E-state index is 11.6. The topological polar surface area (TPSA) is 37.3 Å². The molecule has 0 bridgehead atoms. The molecule has 0 aromatic heterocycles. The highest BCUT2D eigenvalue weighted by Gasteiger charge is 2.18. The number of rotatable bonds is 4. The summed E-state index contributed by atoms with van der Waals surface area (Å²) in [6, 6.07) is 9.23. The van der Waals surface area contributed by atoms with Crippen LogP contribution in [0.5, 0.6) is 0 Å². The Bertz CT molecular complexity index is 351. The van der Waals surface area contributed by atoms with E-state index in [1.807, 2.05) is 37.3 Å². The summed E-state index contributed by atoms with van der Waals surface area (Å²) in [5.41, 5.74) is 0. The minimum absolute atomic E-state index is 0.815. The van der Waals surface area contributed by atoms with E-state index in [0.717, 1.165) is 27.7 Å². The third kappa shape index (κ3) is 4.38. The van der Waals surface area contributed by atoms with Crippen LogP contribution in [-0.4, -0.2) is 4.89 Å². The Morgan fingerprint density at radius 3 is 2.57 bits per heavy atom. The molecule has 0 amide bonds. The lowest BCUT2D eigenvalue weighted by atomic mass is 10.4. The first-order chi connectivity index (χ1) is 6.64. The summed E-state index contributed by atoms with van der Waals surface area (Å²) in [5, 5.41) is 1.64. The van der Waals surface area contributed by atoms with Crippen molar-refractivity contribution < 1.29 is 9.46 Å². The van der Waals surface area contributed by atoms with Crippen LogP contribution in [0.3, 0.4) is 0 Å². The molecule has 0 spiro atoms. The van der Waals surface area contributed by atoms with E-state index >= 15 is 0 Å². The average Bonchev–Trinajstić information content (AvgIpc) is 2.16. The zero-order chi connectivity index (χ0) is 10.4. The SMILES string of the molecule is C/C=C\SP(=O)(O)Sc1ccccc1. The largest absolute Gasteiger partial charge is 0.329 e. The molecule has 2 nitrogen and oxygen atoms in total. The number of hydrogen-bond donors (Lipinski definition) is 1. The molecular weight excluding hydrogens is 235 g/mol. The van der Waals surface area contributed by atoms with E-state index in [4.69, 9.17) is 0 Å². The Kier molecular flexibility index (Phi) is 4.82. The molecule has 76 valence electrons. The van der Waals surface area contributed by atoms with Crippen LogP contribution in [0.1, 0.15) is 6.92 Å². The maximum Gasteiger partial charge on any atom is 0.319 e. The fraction of sp³-hybridized carbons (Fsp3) is 0.111. The Hall–Kier alpha value is -0.150. The standard InChI is InChI=1S/C9H11O2PS2/c1-2-8-13-12(10,11)14-9-6-4-3-5-7-9/h2-8H,1H3,(H,10,11)/b8-2-. The van der Waals surface area contributed by atoms with Gasteiger partial charge in [-0.1, -0.05) is 24.3 Å². The van der Waals surface area contributed by atoms with E-state index < -0.39 is 5.77 Å². The van der Waals surface area contributed by atoms with Crippen molar-refractivity contribution in [1.82, 2.24) is 0 Å². The van der Waals surface area contributed by atoms with Crippen LogP contribution >= 0.6 is 28.5 Å². The lowest BCUT2D eigenvalue weighted by Crippen LogP contribution is -1.69. The third-order valence-corrected chi connectivity index (χ3v) is 6.60. The highest BCUT2D eigenvalue weighted by atomic mass is 33.1. The molecule has 1 aromatic rings. The van der Waals surface area contributed by atoms with Crippen molar-refractivity contribution in [2.45, 2.75) is 11.8 Å². The number of benzene rings is 1. The van der Waals surface area contributed by atoms with Gasteiger partial charge in [-0.15, -0.1) is 0 Å². The highest BCUT2D eigenvalue weighted by Crippen LogP contribution is 2.68. The molecule has 0 radical (unpaired) electrons. The van der Waals surface area contributed by atoms with E-state index in [-0.39, 0.29) is 0 Å². The molecule has 0 aliphatic heterocycles. The molecule has 1 rings (SSSR count). The van der Waals surface area contributed by atoms with Crippen molar-refractivity contribution in [3.05, 3.63) is 41.8 Å². The van der Waals surface area contributed by atoms with Gasteiger partial charge >= 0.3 is 5.77 Å². The Balaban J connectivity index is 2.64. The van der Waals surface area contributed by atoms with Gasteiger partial charge in [-0.25, -0.2) is 0 Å². The molecule has 0 aliphatic rings. The van der Waals surface area contributed by atoms with Gasteiger partial charge in [-0.3, -0.25) is 4.57 Å². The first-order valence-corrected chi connectivity index (χ1v) is 8.57. The first-order valence-electron chi connectivity index (χ1n) is 4.01. The Morgan fingerprint density at radius 1 is 1.36 bits per heavy atom. The van der Waals surface area contributed by atoms with Crippen LogP contribution in [0.25, 0.3) is 0 Å². The van der Waals surface area contributed by atoms with Gasteiger partial charge in [0.2, 0.25) is 0 Å². The van der Waals surface area contributed by atoms with Gasteiger partial charge in [-0.05, 0) is 47.2 Å². The lowest BCUT2D eigenvalue weighted by molar-refractivity contribution is 0.514. The lowest BCUT2D eigenvalue weighted by Gasteiger charge is -2.06. The quantitative estimate of drug-likeness (QED) is 0.810. The van der Waals surface area contributed by atoms with Crippen molar-refractivity contribution in [2.24, 2.45) is 0 Å². The molecule has 0 aliphatic carbocycles. The van der Waals surface area contributed by atoms with Crippen molar-refractivity contribution in [3.63, 3.8) is 0 Å². The van der Waals surface area contributed by atoms with Crippen LogP contribution < -0.4 is 0 Å². The molecule has 14 heavy (non-hydrogen) atoms. The molecule has 5 heteroatoms. The van der Waals surface area contributed by atoms with Crippen LogP contribution in [-0.2, 0) is 4.57 Å². The summed E-state index contributed by atoms with van der Waals surface area (Å²) in [4.78, 5) is 10.3. The molecule has 0 fully saturated rings. The van der Waals surface area contributed by atoms with Crippen LogP contribution in [0.2, 0.25) is 0 Å². The van der Waals surface area contributed by atoms with E-state index in [1.54, 1.807) is 11.5 Å². The van der Waals surface area contributed by atoms with Crippen LogP contribution in [0, 0.1) is 0 Å². The summed E-state index contributed by atoms with van der Waals surface area (Å²) in [5.74, 6) is -3.18. The summed E-state index contributed by atoms with van der Waals surface area (Å²) < 4.78 is 11.6. The van der Waals surface area contributed by atoms with E-state index in [1.165, 1.54) is 0 Å². The normalized spacial score (nSPS) is 15.6. The summed E-state index contributed by atoms with van der Waals surface area (Å²) >= 11 is 1.98. The first kappa shape index (κ1) is 11.9. The monoisotopic (exact) mass is 246 g/mol. The van der Waals surface area contributed by atoms with Gasteiger partial charge in [0.15, 0.2) is 0 Å². The zero-order valence-electron chi connectivity index (χ0n) is 7.66. The second-order valence-electron chi connectivity index (χ2n) is 2.45. The molecule has 0 saturated heterocycles. The predicted octanol–water partition coefficient (Wildman–Crippen LogP) is 4.15. The van der Waals surface area contributed by atoms with Crippen molar-refractivity contribution in [2.75, 3.05) is 0 Å². The van der Waals surface area contributed by atoms with Gasteiger partial charge < -0.3 is 4.89 Å². The Morgan fingerprint density at radius 2 is 2.00 bits per heavy atom. The second-order valence-corrected chi connectivity index (χ2v) is 9.37. The Labute approximate surface area is 91.8 Å². The summed E-state index contributed by atoms with van der Waals surface area (Å²) in [6.45, 7) is 1.82. The molecule has 0 saturated carbocycles. The minimum atomic E-state index is -3.18. The van der Waals surface area contributed by atoms with Gasteiger partial charge in [0.05, 0.1) is 0 Å². The second kappa shape index (κ2) is 5.66. The van der Waals surface area contributed by atoms with Gasteiger partial charge in [-0.2, -0.15) is 0 Å². The fourth-order valence-corrected chi connectivity index (χ4v) is 5.37. The predicted molar refractivity (Wildman–Crippen MR) is 64.5 cm³/mol. The van der Waals surface area contributed by atoms with Gasteiger partial charge in [0.1, 0.15) is 0 Å². The van der Waals surface area contributed by atoms with Crippen molar-refractivity contribution in [3.8, 4) is 0 Å². The number of hydrogen-bond acceptors (Lipinski definition) is 3. The third-order valence-electron chi connectivity index (χ3n) is 1.29. The van der Waals surface area contributed by atoms with E-state index in [2.05, 4.69) is 0 Å². The molecule has 0 heterocycles. The molecule has 1 aromatic carbocycles. The van der Waals surface area contributed by atoms with Gasteiger partial charge in [0, 0.05) is 4.90 Å². The number of allylic oxidation sites excluding steroid dienone is 1. The average molecular weight is 246 g/mol. The molecule has 1 atom stereocenters. The smallest absolute Gasteiger partial charge is 0.319 e. The fourth-order valence-electron chi connectivity index (χ4n) is 0.774. The van der Waals surface area contributed by atoms with Crippen molar-refractivity contribution in [1.29, 1.82) is 0 Å². The van der Waals surface area contributed by atoms with Crippen LogP contribution in [0.15, 0.2) is 46.7 Å². The molecule has 1 N–H and O–H groups in total. The summed E-state index contributed by atoms with van der Waals surface area (Å²) in [6.07, 6.45) is 1.75. The summed E-state index contributed by atoms with van der Waals surface area (Å²) in [7, 11) is 0. The zero-order valence-corrected chi connectivity index (χ0v) is 10.2. The van der Waals surface area contributed by atoms with Crippen LogP contribution in [0.4, 0.5) is 0 Å². The van der Waals surface area contributed by atoms with Gasteiger partial charge in [0.25, 0.3) is 0 Å². The molecular formula is C9H11O2PS2. The highest BCUT2D eigenvalue weighted by molar-refractivity contribution is 8.89. The minimum Gasteiger partial charge on any atom is -0.329 e. The molecule has 1 unspecified atom stereocenters.